The molecule has 0 aliphatic heterocycles. The van der Waals surface area contributed by atoms with Gasteiger partial charge in [0, 0.05) is 23.9 Å². The third-order valence-electron chi connectivity index (χ3n) is 2.34. The van der Waals surface area contributed by atoms with E-state index in [0.29, 0.717) is 5.75 Å². The third kappa shape index (κ3) is 4.62. The maximum atomic E-state index is 12.2. The lowest BCUT2D eigenvalue weighted by molar-refractivity contribution is -0.385. The molecule has 20 heavy (non-hydrogen) atoms. The van der Waals surface area contributed by atoms with Gasteiger partial charge in [0.1, 0.15) is 4.90 Å². The van der Waals surface area contributed by atoms with Crippen LogP contribution in [0.4, 0.5) is 5.69 Å². The molecule has 0 aliphatic rings. The fraction of sp³-hybridized carbons (Fsp3) is 0.455. The Hall–Kier alpha value is -0.830. The monoisotopic (exact) mass is 338 g/mol. The SMILES string of the molecule is CCSCC(C)NS(=O)(=O)c1cc([N+](=O)[O-])ccc1Cl. The molecule has 6 nitrogen and oxygen atoms in total. The van der Waals surface area contributed by atoms with Crippen molar-refractivity contribution < 1.29 is 13.3 Å². The van der Waals surface area contributed by atoms with Crippen LogP contribution in [-0.2, 0) is 10.0 Å². The second-order valence-electron chi connectivity index (χ2n) is 4.05. The molecule has 0 fully saturated rings. The summed E-state index contributed by atoms with van der Waals surface area (Å²) in [6, 6.07) is 3.04. The first-order valence-corrected chi connectivity index (χ1v) is 8.83. The molecule has 0 saturated heterocycles. The van der Waals surface area contributed by atoms with Crippen molar-refractivity contribution in [3.63, 3.8) is 0 Å². The van der Waals surface area contributed by atoms with Gasteiger partial charge >= 0.3 is 0 Å². The molecule has 1 aromatic rings. The molecule has 0 bridgehead atoms. The molecule has 1 N–H and O–H groups in total. The van der Waals surface area contributed by atoms with Crippen LogP contribution in [0.5, 0.6) is 0 Å². The summed E-state index contributed by atoms with van der Waals surface area (Å²) in [5.41, 5.74) is -0.314. The van der Waals surface area contributed by atoms with Gasteiger partial charge in [0.05, 0.1) is 9.95 Å². The average molecular weight is 339 g/mol. The molecule has 1 atom stereocenters. The van der Waals surface area contributed by atoms with Crippen LogP contribution >= 0.6 is 23.4 Å². The summed E-state index contributed by atoms with van der Waals surface area (Å²) in [6.07, 6.45) is 0. The number of nitrogens with one attached hydrogen (secondary N) is 1. The molecule has 0 amide bonds. The second kappa shape index (κ2) is 7.26. The minimum absolute atomic E-state index is 0.0431. The van der Waals surface area contributed by atoms with E-state index in [4.69, 9.17) is 11.6 Å². The Morgan fingerprint density at radius 2 is 2.15 bits per heavy atom. The number of benzene rings is 1. The fourth-order valence-electron chi connectivity index (χ4n) is 1.47. The van der Waals surface area contributed by atoms with E-state index in [9.17, 15) is 18.5 Å². The maximum absolute atomic E-state index is 12.2. The van der Waals surface area contributed by atoms with Crippen LogP contribution in [-0.4, -0.2) is 30.9 Å². The Morgan fingerprint density at radius 3 is 2.70 bits per heavy atom. The molecule has 0 radical (unpaired) electrons. The quantitative estimate of drug-likeness (QED) is 0.609. The van der Waals surface area contributed by atoms with Gasteiger partial charge in [-0.2, -0.15) is 11.8 Å². The smallest absolute Gasteiger partial charge is 0.258 e. The van der Waals surface area contributed by atoms with Crippen LogP contribution in [0.1, 0.15) is 13.8 Å². The highest BCUT2D eigenvalue weighted by Gasteiger charge is 2.23. The molecule has 0 aromatic heterocycles. The van der Waals surface area contributed by atoms with Crippen molar-refractivity contribution in [3.8, 4) is 0 Å². The van der Waals surface area contributed by atoms with Crippen LogP contribution in [0.15, 0.2) is 23.1 Å². The first-order chi connectivity index (χ1) is 9.27. The van der Waals surface area contributed by atoms with Crippen molar-refractivity contribution in [3.05, 3.63) is 33.3 Å². The minimum Gasteiger partial charge on any atom is -0.258 e. The van der Waals surface area contributed by atoms with E-state index in [1.807, 2.05) is 6.92 Å². The lowest BCUT2D eigenvalue weighted by Crippen LogP contribution is -2.34. The van der Waals surface area contributed by atoms with Gasteiger partial charge in [-0.1, -0.05) is 18.5 Å². The van der Waals surface area contributed by atoms with Gasteiger partial charge in [-0.05, 0) is 18.7 Å². The summed E-state index contributed by atoms with van der Waals surface area (Å²) >= 11 is 7.42. The van der Waals surface area contributed by atoms with Crippen LogP contribution in [0, 0.1) is 10.1 Å². The van der Waals surface area contributed by atoms with Gasteiger partial charge in [-0.3, -0.25) is 10.1 Å². The van der Waals surface area contributed by atoms with Crippen molar-refractivity contribution >= 4 is 39.1 Å². The standard InChI is InChI=1S/C11H15ClN2O4S2/c1-3-19-7-8(2)13-20(17,18)11-6-9(14(15)16)4-5-10(11)12/h4-6,8,13H,3,7H2,1-2H3. The van der Waals surface area contributed by atoms with Crippen molar-refractivity contribution in [2.45, 2.75) is 24.8 Å². The lowest BCUT2D eigenvalue weighted by Gasteiger charge is -2.14. The van der Waals surface area contributed by atoms with E-state index in [0.717, 1.165) is 17.9 Å². The van der Waals surface area contributed by atoms with E-state index in [-0.39, 0.29) is 21.6 Å². The van der Waals surface area contributed by atoms with Gasteiger partial charge in [0.15, 0.2) is 0 Å². The van der Waals surface area contributed by atoms with E-state index in [1.54, 1.807) is 18.7 Å². The number of non-ortho nitro benzene ring substituents is 1. The summed E-state index contributed by atoms with van der Waals surface area (Å²) in [5.74, 6) is 1.49. The molecule has 112 valence electrons. The van der Waals surface area contributed by atoms with Crippen molar-refractivity contribution in [1.82, 2.24) is 4.72 Å². The van der Waals surface area contributed by atoms with Gasteiger partial charge < -0.3 is 0 Å². The topological polar surface area (TPSA) is 89.3 Å². The van der Waals surface area contributed by atoms with Crippen LogP contribution in [0.25, 0.3) is 0 Å². The number of sulfonamides is 1. The van der Waals surface area contributed by atoms with E-state index >= 15 is 0 Å². The number of nitro benzene ring substituents is 1. The zero-order valence-corrected chi connectivity index (χ0v) is 13.4. The van der Waals surface area contributed by atoms with Crippen LogP contribution in [0.3, 0.4) is 0 Å². The zero-order valence-electron chi connectivity index (χ0n) is 11.0. The van der Waals surface area contributed by atoms with Crippen molar-refractivity contribution in [1.29, 1.82) is 0 Å². The zero-order chi connectivity index (χ0) is 15.3. The predicted molar refractivity (Wildman–Crippen MR) is 80.9 cm³/mol. The minimum atomic E-state index is -3.88. The number of rotatable bonds is 7. The average Bonchev–Trinajstić information content (AvgIpc) is 2.35. The highest BCUT2D eigenvalue weighted by molar-refractivity contribution is 7.99. The molecule has 0 spiro atoms. The molecule has 9 heteroatoms. The Balaban J connectivity index is 3.03. The van der Waals surface area contributed by atoms with Crippen LogP contribution in [0.2, 0.25) is 5.02 Å². The van der Waals surface area contributed by atoms with E-state index in [1.165, 1.54) is 6.07 Å². The summed E-state index contributed by atoms with van der Waals surface area (Å²) in [4.78, 5) is 9.76. The van der Waals surface area contributed by atoms with Crippen molar-refractivity contribution in [2.24, 2.45) is 0 Å². The Labute approximate surface area is 127 Å². The molecular weight excluding hydrogens is 324 g/mol. The number of hydrogen-bond acceptors (Lipinski definition) is 5. The fourth-order valence-corrected chi connectivity index (χ4v) is 4.01. The largest absolute Gasteiger partial charge is 0.270 e. The number of halogens is 1. The summed E-state index contributed by atoms with van der Waals surface area (Å²) in [6.45, 7) is 3.70. The van der Waals surface area contributed by atoms with Gasteiger partial charge in [0.25, 0.3) is 5.69 Å². The first-order valence-electron chi connectivity index (χ1n) is 5.82. The van der Waals surface area contributed by atoms with Gasteiger partial charge in [-0.25, -0.2) is 13.1 Å². The second-order valence-corrected chi connectivity index (χ2v) is 7.46. The molecular formula is C11H15ClN2O4S2. The van der Waals surface area contributed by atoms with E-state index in [2.05, 4.69) is 4.72 Å². The summed E-state index contributed by atoms with van der Waals surface area (Å²) in [7, 11) is -3.88. The predicted octanol–water partition coefficient (Wildman–Crippen LogP) is 2.67. The number of nitro groups is 1. The number of hydrogen-bond donors (Lipinski definition) is 1. The number of nitrogens with zero attached hydrogens (tertiary/aromatic N) is 1. The Bertz CT molecular complexity index is 592. The maximum Gasteiger partial charge on any atom is 0.270 e. The summed E-state index contributed by atoms with van der Waals surface area (Å²) in [5, 5.41) is 10.7. The Kier molecular flexibility index (Phi) is 6.25. The first kappa shape index (κ1) is 17.2. The Morgan fingerprint density at radius 1 is 1.50 bits per heavy atom. The molecule has 1 aromatic carbocycles. The molecule has 0 heterocycles. The van der Waals surface area contributed by atoms with Gasteiger partial charge in [-0.15, -0.1) is 0 Å². The highest BCUT2D eigenvalue weighted by Crippen LogP contribution is 2.26. The number of thioether (sulfide) groups is 1. The van der Waals surface area contributed by atoms with Gasteiger partial charge in [0.2, 0.25) is 10.0 Å². The molecule has 0 saturated carbocycles. The normalized spacial score (nSPS) is 13.2. The lowest BCUT2D eigenvalue weighted by atomic mass is 10.3. The molecule has 0 aliphatic carbocycles. The van der Waals surface area contributed by atoms with Crippen LogP contribution < -0.4 is 4.72 Å². The molecule has 1 unspecified atom stereocenters. The van der Waals surface area contributed by atoms with E-state index < -0.39 is 14.9 Å². The highest BCUT2D eigenvalue weighted by atomic mass is 35.5. The summed E-state index contributed by atoms with van der Waals surface area (Å²) < 4.78 is 26.8. The van der Waals surface area contributed by atoms with Crippen molar-refractivity contribution in [2.75, 3.05) is 11.5 Å². The molecule has 1 rings (SSSR count). The third-order valence-corrected chi connectivity index (χ3v) is 5.56.